The van der Waals surface area contributed by atoms with E-state index in [2.05, 4.69) is 20.7 Å². The van der Waals surface area contributed by atoms with E-state index in [0.717, 1.165) is 6.42 Å². The van der Waals surface area contributed by atoms with Gasteiger partial charge in [0.25, 0.3) is 0 Å². The predicted octanol–water partition coefficient (Wildman–Crippen LogP) is 6.50. The third kappa shape index (κ3) is 12.2. The number of fused-ring (bicyclic) bond motifs is 1. The molecule has 2 N–H and O–H groups in total. The topological polar surface area (TPSA) is 97.6 Å². The molecule has 8 nitrogen and oxygen atoms in total. The van der Waals surface area contributed by atoms with Crippen LogP contribution in [-0.2, 0) is 16.1 Å². The minimum Gasteiger partial charge on any atom is -0.444 e. The molecule has 2 amide bonds. The molecule has 1 fully saturated rings. The maximum atomic E-state index is 12.4. The maximum absolute atomic E-state index is 12.4. The van der Waals surface area contributed by atoms with Gasteiger partial charge in [-0.2, -0.15) is 18.3 Å². The molecule has 0 spiro atoms. The molecule has 1 aliphatic carbocycles. The zero-order valence-electron chi connectivity index (χ0n) is 23.0. The number of rotatable bonds is 7. The van der Waals surface area contributed by atoms with Crippen molar-refractivity contribution in [1.29, 1.82) is 0 Å². The smallest absolute Gasteiger partial charge is 0.407 e. The van der Waals surface area contributed by atoms with Crippen molar-refractivity contribution in [2.45, 2.75) is 110 Å². The van der Waals surface area contributed by atoms with Crippen LogP contribution in [0.25, 0.3) is 5.65 Å². The fourth-order valence-electron chi connectivity index (χ4n) is 3.88. The van der Waals surface area contributed by atoms with Crippen molar-refractivity contribution in [3.05, 3.63) is 29.7 Å². The average molecular weight is 564 g/mol. The van der Waals surface area contributed by atoms with Crippen molar-refractivity contribution in [2.75, 3.05) is 0 Å². The summed E-state index contributed by atoms with van der Waals surface area (Å²) in [5.74, 6) is -3.08. The second-order valence-electron chi connectivity index (χ2n) is 11.0. The summed E-state index contributed by atoms with van der Waals surface area (Å²) >= 11 is 0. The highest BCUT2D eigenvalue weighted by atomic mass is 19.4. The van der Waals surface area contributed by atoms with Gasteiger partial charge in [-0.25, -0.2) is 23.1 Å². The Labute approximate surface area is 225 Å². The summed E-state index contributed by atoms with van der Waals surface area (Å²) in [5, 5.41) is 9.52. The molecule has 3 rings (SSSR count). The molecule has 0 saturated heterocycles. The molecular formula is C26H38F5N5O3. The molecule has 2 heterocycles. The van der Waals surface area contributed by atoms with E-state index in [0.29, 0.717) is 29.7 Å². The molecular weight excluding hydrogens is 525 g/mol. The highest BCUT2D eigenvalue weighted by Gasteiger charge is 2.30. The molecule has 1 aliphatic rings. The molecule has 39 heavy (non-hydrogen) atoms. The van der Waals surface area contributed by atoms with Crippen LogP contribution in [0.1, 0.15) is 96.9 Å². The minimum atomic E-state index is -4.38. The van der Waals surface area contributed by atoms with E-state index in [1.807, 2.05) is 13.8 Å². The Morgan fingerprint density at radius 1 is 1.13 bits per heavy atom. The lowest BCUT2D eigenvalue weighted by atomic mass is 9.97. The van der Waals surface area contributed by atoms with Crippen molar-refractivity contribution in [2.24, 2.45) is 5.92 Å². The van der Waals surface area contributed by atoms with Crippen molar-refractivity contribution in [3.8, 4) is 0 Å². The lowest BCUT2D eigenvalue weighted by molar-refractivity contribution is -0.144. The number of halogens is 5. The highest BCUT2D eigenvalue weighted by molar-refractivity contribution is 5.76. The number of carbonyl (C=O) groups is 2. The van der Waals surface area contributed by atoms with Gasteiger partial charge in [0, 0.05) is 19.3 Å². The minimum absolute atomic E-state index is 0.0812. The van der Waals surface area contributed by atoms with E-state index in [1.165, 1.54) is 10.7 Å². The number of hydrogen-bond donors (Lipinski definition) is 2. The summed E-state index contributed by atoms with van der Waals surface area (Å²) in [7, 11) is 0. The van der Waals surface area contributed by atoms with E-state index in [4.69, 9.17) is 4.74 Å². The molecule has 0 aromatic carbocycles. The second-order valence-corrected chi connectivity index (χ2v) is 11.0. The molecule has 0 radical (unpaired) electrons. The number of alkyl carbamates (subject to hydrolysis) is 1. The molecule has 2 aromatic heterocycles. The van der Waals surface area contributed by atoms with Gasteiger partial charge in [0.2, 0.25) is 11.8 Å². The predicted molar refractivity (Wildman–Crippen MR) is 135 cm³/mol. The van der Waals surface area contributed by atoms with Crippen molar-refractivity contribution in [1.82, 2.24) is 25.2 Å². The number of alkyl halides is 5. The van der Waals surface area contributed by atoms with Crippen LogP contribution in [0.15, 0.2) is 18.5 Å². The Balaban J connectivity index is 0.000000568. The van der Waals surface area contributed by atoms with Crippen molar-refractivity contribution >= 4 is 17.6 Å². The first-order valence-corrected chi connectivity index (χ1v) is 13.0. The van der Waals surface area contributed by atoms with Gasteiger partial charge >= 0.3 is 12.3 Å². The summed E-state index contributed by atoms with van der Waals surface area (Å²) < 4.78 is 68.2. The second kappa shape index (κ2) is 13.4. The average Bonchev–Trinajstić information content (AvgIpc) is 3.20. The molecule has 0 bridgehead atoms. The number of nitrogens with zero attached hydrogens (tertiary/aromatic N) is 3. The fraction of sp³-hybridized carbons (Fsp3) is 0.692. The quantitative estimate of drug-likeness (QED) is 0.375. The van der Waals surface area contributed by atoms with E-state index < -0.39 is 48.6 Å². The van der Waals surface area contributed by atoms with Crippen LogP contribution in [0.4, 0.5) is 26.7 Å². The number of carbonyl (C=O) groups excluding carboxylic acids is 2. The van der Waals surface area contributed by atoms with E-state index in [9.17, 15) is 31.5 Å². The number of nitrogens with one attached hydrogen (secondary N) is 2. The summed E-state index contributed by atoms with van der Waals surface area (Å²) in [6.45, 7) is 9.11. The first-order valence-electron chi connectivity index (χ1n) is 13.0. The third-order valence-corrected chi connectivity index (χ3v) is 5.77. The number of amides is 2. The Kier molecular flexibility index (Phi) is 11.1. The summed E-state index contributed by atoms with van der Waals surface area (Å²) in [4.78, 5) is 28.2. The van der Waals surface area contributed by atoms with Crippen molar-refractivity contribution < 1.29 is 36.3 Å². The molecule has 220 valence electrons. The number of ether oxygens (including phenoxy) is 1. The summed E-state index contributed by atoms with van der Waals surface area (Å²) in [6.07, 6.45) is -0.918. The zero-order valence-corrected chi connectivity index (χ0v) is 23.0. The maximum Gasteiger partial charge on any atom is 0.407 e. The first-order chi connectivity index (χ1) is 17.9. The van der Waals surface area contributed by atoms with E-state index >= 15 is 0 Å². The van der Waals surface area contributed by atoms with Crippen LogP contribution in [0.5, 0.6) is 0 Å². The lowest BCUT2D eigenvalue weighted by Crippen LogP contribution is -2.32. The van der Waals surface area contributed by atoms with Crippen LogP contribution in [0, 0.1) is 5.92 Å². The highest BCUT2D eigenvalue weighted by Crippen LogP contribution is 2.32. The Hall–Kier alpha value is -2.99. The molecule has 1 saturated carbocycles. The Morgan fingerprint density at radius 3 is 2.28 bits per heavy atom. The van der Waals surface area contributed by atoms with Gasteiger partial charge in [0.15, 0.2) is 5.65 Å². The summed E-state index contributed by atoms with van der Waals surface area (Å²) in [5.41, 5.74) is 1.04. The Bertz CT molecular complexity index is 1090. The van der Waals surface area contributed by atoms with Crippen LogP contribution in [0.3, 0.4) is 0 Å². The van der Waals surface area contributed by atoms with Gasteiger partial charge in [-0.15, -0.1) is 0 Å². The zero-order chi connectivity index (χ0) is 29.4. The number of imidazole rings is 1. The monoisotopic (exact) mass is 563 g/mol. The number of hydrogen-bond acceptors (Lipinski definition) is 5. The molecule has 1 unspecified atom stereocenters. The van der Waals surface area contributed by atoms with Gasteiger partial charge in [-0.3, -0.25) is 4.79 Å². The molecule has 13 heteroatoms. The van der Waals surface area contributed by atoms with Crippen molar-refractivity contribution in [3.63, 3.8) is 0 Å². The normalized spacial score (nSPS) is 16.3. The van der Waals surface area contributed by atoms with E-state index in [-0.39, 0.29) is 25.3 Å². The molecule has 1 atom stereocenters. The van der Waals surface area contributed by atoms with Gasteiger partial charge in [-0.05, 0) is 51.2 Å². The van der Waals surface area contributed by atoms with Crippen LogP contribution in [0.2, 0.25) is 0 Å². The summed E-state index contributed by atoms with van der Waals surface area (Å²) in [6, 6.07) is 1.19. The van der Waals surface area contributed by atoms with Gasteiger partial charge in [-0.1, -0.05) is 20.3 Å². The molecule has 2 aromatic rings. The van der Waals surface area contributed by atoms with Crippen LogP contribution >= 0.6 is 0 Å². The standard InChI is InChI=1S/C20H28F3N5O3.C6H10F2/c1-12(2)17(27-16(29)6-7-20(21,22)23)13-8-15-26-14(11-28(15)25-9-13)10-24-18(30)31-19(3,4)5;7-6(8)4-2-1-3-5-6/h8-9,11-12,17H,6-7,10H2,1-5H3,(H,24,30)(H,27,29);1-5H2. The van der Waals surface area contributed by atoms with Gasteiger partial charge in [0.05, 0.1) is 37.1 Å². The molecule has 0 aliphatic heterocycles. The first kappa shape index (κ1) is 32.2. The largest absolute Gasteiger partial charge is 0.444 e. The van der Waals surface area contributed by atoms with Crippen LogP contribution in [-0.4, -0.2) is 44.3 Å². The lowest BCUT2D eigenvalue weighted by Gasteiger charge is -2.22. The SMILES string of the molecule is CC(C)C(NC(=O)CCC(F)(F)F)c1cnn2cc(CNC(=O)OC(C)(C)C)nc2c1.FC1(F)CCCCC1. The fourth-order valence-corrected chi connectivity index (χ4v) is 3.88. The number of aromatic nitrogens is 3. The van der Waals surface area contributed by atoms with Gasteiger partial charge < -0.3 is 15.4 Å². The third-order valence-electron chi connectivity index (χ3n) is 5.77. The van der Waals surface area contributed by atoms with Gasteiger partial charge in [0.1, 0.15) is 5.60 Å². The van der Waals surface area contributed by atoms with E-state index in [1.54, 1.807) is 33.0 Å². The Morgan fingerprint density at radius 2 is 1.77 bits per heavy atom. The van der Waals surface area contributed by atoms with Crippen LogP contribution < -0.4 is 10.6 Å².